The molecule has 34 heavy (non-hydrogen) atoms. The monoisotopic (exact) mass is 472 g/mol. The molecule has 9 atom stereocenters. The summed E-state index contributed by atoms with van der Waals surface area (Å²) in [5, 5.41) is 0. The van der Waals surface area contributed by atoms with E-state index in [4.69, 9.17) is 4.74 Å². The number of carbonyl (C=O) groups is 2. The van der Waals surface area contributed by atoms with Crippen LogP contribution in [0.25, 0.3) is 0 Å². The van der Waals surface area contributed by atoms with E-state index < -0.39 is 0 Å². The maximum Gasteiger partial charge on any atom is 0.302 e. The van der Waals surface area contributed by atoms with Gasteiger partial charge in [0.1, 0.15) is 11.9 Å². The van der Waals surface area contributed by atoms with Crippen molar-refractivity contribution in [3.8, 4) is 0 Å². The van der Waals surface area contributed by atoms with Crippen molar-refractivity contribution in [3.05, 3.63) is 0 Å². The third-order valence-corrected chi connectivity index (χ3v) is 11.9. The number of Topliss-reactive ketones (excluding diaryl/α,β-unsaturated/α-hetero) is 1. The standard InChI is InChI=1S/C31H52O3/c1-19(2)10-9-11-20(3)22-12-13-23-28-24(14-16-30(22,23)7)31(8)17-15-27(34-21(4)32)29(5,6)26(31)18-25(28)33/h19-20,22-24,26-28H,9-18H2,1-8H3/t20-,22-,23+,24+,26+,27+,28+,30-,31-/m1/s1. The molecular formula is C31H52O3. The summed E-state index contributed by atoms with van der Waals surface area (Å²) in [5.41, 5.74) is 0.367. The Hall–Kier alpha value is -0.860. The zero-order chi connectivity index (χ0) is 25.1. The number of carbonyl (C=O) groups excluding carboxylic acids is 2. The van der Waals surface area contributed by atoms with Crippen molar-refractivity contribution in [2.24, 2.45) is 57.7 Å². The Morgan fingerprint density at radius 3 is 2.24 bits per heavy atom. The molecule has 4 fully saturated rings. The van der Waals surface area contributed by atoms with E-state index in [2.05, 4.69) is 48.5 Å². The molecule has 0 unspecified atom stereocenters. The number of hydrogen-bond donors (Lipinski definition) is 0. The van der Waals surface area contributed by atoms with Crippen molar-refractivity contribution in [2.45, 2.75) is 126 Å². The predicted octanol–water partition coefficient (Wildman–Crippen LogP) is 7.85. The third-order valence-electron chi connectivity index (χ3n) is 11.9. The molecule has 0 amide bonds. The number of ketones is 1. The summed E-state index contributed by atoms with van der Waals surface area (Å²) in [6.45, 7) is 18.3. The summed E-state index contributed by atoms with van der Waals surface area (Å²) in [6.07, 6.45) is 11.8. The fraction of sp³-hybridized carbons (Fsp3) is 0.935. The van der Waals surface area contributed by atoms with E-state index in [1.807, 2.05) is 0 Å². The Labute approximate surface area is 209 Å². The maximum absolute atomic E-state index is 13.9. The second-order valence-corrected chi connectivity index (χ2v) is 14.5. The SMILES string of the molecule is CC(=O)O[C@H]1CC[C@]2(C)[C@H]3CC[C@]4(C)[C@@H]([C@H](C)CCCC(C)C)CC[C@H]4[C@@H]3C(=O)C[C@H]2C1(C)C. The highest BCUT2D eigenvalue weighted by Crippen LogP contribution is 2.69. The molecule has 194 valence electrons. The molecule has 0 aromatic heterocycles. The number of hydrogen-bond acceptors (Lipinski definition) is 3. The fourth-order valence-electron chi connectivity index (χ4n) is 10.1. The van der Waals surface area contributed by atoms with Gasteiger partial charge < -0.3 is 4.74 Å². The Morgan fingerprint density at radius 2 is 1.59 bits per heavy atom. The lowest BCUT2D eigenvalue weighted by Crippen LogP contribution is -2.62. The van der Waals surface area contributed by atoms with Crippen LogP contribution in [0.3, 0.4) is 0 Å². The molecule has 0 aliphatic heterocycles. The van der Waals surface area contributed by atoms with Crippen LogP contribution < -0.4 is 0 Å². The van der Waals surface area contributed by atoms with Gasteiger partial charge in [0.15, 0.2) is 0 Å². The molecule has 0 bridgehead atoms. The van der Waals surface area contributed by atoms with Gasteiger partial charge in [0.2, 0.25) is 0 Å². The summed E-state index contributed by atoms with van der Waals surface area (Å²) in [6, 6.07) is 0. The zero-order valence-electron chi connectivity index (χ0n) is 23.4. The van der Waals surface area contributed by atoms with Crippen LogP contribution in [0.2, 0.25) is 0 Å². The molecule has 3 heteroatoms. The zero-order valence-corrected chi connectivity index (χ0v) is 23.4. The molecule has 0 radical (unpaired) electrons. The van der Waals surface area contributed by atoms with E-state index in [1.54, 1.807) is 0 Å². The lowest BCUT2D eigenvalue weighted by Gasteiger charge is -2.64. The maximum atomic E-state index is 13.9. The highest BCUT2D eigenvalue weighted by molar-refractivity contribution is 5.83. The van der Waals surface area contributed by atoms with Crippen LogP contribution >= 0.6 is 0 Å². The van der Waals surface area contributed by atoms with Crippen molar-refractivity contribution in [3.63, 3.8) is 0 Å². The molecule has 3 nitrogen and oxygen atoms in total. The van der Waals surface area contributed by atoms with E-state index in [0.29, 0.717) is 35.4 Å². The number of fused-ring (bicyclic) bond motifs is 5. The third kappa shape index (κ3) is 4.19. The van der Waals surface area contributed by atoms with Gasteiger partial charge in [-0.15, -0.1) is 0 Å². The van der Waals surface area contributed by atoms with Crippen molar-refractivity contribution in [1.29, 1.82) is 0 Å². The van der Waals surface area contributed by atoms with Gasteiger partial charge in [-0.2, -0.15) is 0 Å². The first-order chi connectivity index (χ1) is 15.8. The molecule has 0 saturated heterocycles. The lowest BCUT2D eigenvalue weighted by atomic mass is 9.40. The van der Waals surface area contributed by atoms with Gasteiger partial charge in [-0.1, -0.05) is 67.7 Å². The predicted molar refractivity (Wildman–Crippen MR) is 138 cm³/mol. The summed E-state index contributed by atoms with van der Waals surface area (Å²) in [7, 11) is 0. The quantitative estimate of drug-likeness (QED) is 0.370. The first kappa shape index (κ1) is 26.2. The van der Waals surface area contributed by atoms with Crippen molar-refractivity contribution >= 4 is 11.8 Å². The smallest absolute Gasteiger partial charge is 0.302 e. The van der Waals surface area contributed by atoms with Gasteiger partial charge >= 0.3 is 5.97 Å². The largest absolute Gasteiger partial charge is 0.462 e. The van der Waals surface area contributed by atoms with E-state index in [0.717, 1.165) is 30.6 Å². The number of rotatable bonds is 6. The molecule has 4 aliphatic rings. The van der Waals surface area contributed by atoms with Crippen LogP contribution in [-0.2, 0) is 14.3 Å². The molecule has 0 spiro atoms. The van der Waals surface area contributed by atoms with Gasteiger partial charge in [0, 0.05) is 24.7 Å². The Balaban J connectivity index is 1.55. The fourth-order valence-corrected chi connectivity index (χ4v) is 10.1. The van der Waals surface area contributed by atoms with E-state index >= 15 is 0 Å². The summed E-state index contributed by atoms with van der Waals surface area (Å²) in [4.78, 5) is 25.7. The van der Waals surface area contributed by atoms with Crippen molar-refractivity contribution in [1.82, 2.24) is 0 Å². The highest BCUT2D eigenvalue weighted by Gasteiger charge is 2.66. The Kier molecular flexibility index (Phi) is 7.11. The van der Waals surface area contributed by atoms with Crippen LogP contribution in [-0.4, -0.2) is 17.9 Å². The summed E-state index contributed by atoms with van der Waals surface area (Å²) < 4.78 is 5.79. The van der Waals surface area contributed by atoms with Crippen molar-refractivity contribution in [2.75, 3.05) is 0 Å². The Bertz CT molecular complexity index is 784. The van der Waals surface area contributed by atoms with Crippen LogP contribution in [0.4, 0.5) is 0 Å². The molecule has 0 aromatic rings. The minimum absolute atomic E-state index is 0.0659. The topological polar surface area (TPSA) is 43.4 Å². The molecular weight excluding hydrogens is 420 g/mol. The van der Waals surface area contributed by atoms with Crippen LogP contribution in [0, 0.1) is 57.7 Å². The second-order valence-electron chi connectivity index (χ2n) is 14.5. The Morgan fingerprint density at radius 1 is 0.941 bits per heavy atom. The number of ether oxygens (including phenoxy) is 1. The molecule has 0 aromatic carbocycles. The average molecular weight is 473 g/mol. The first-order valence-electron chi connectivity index (χ1n) is 14.5. The second kappa shape index (κ2) is 9.22. The van der Waals surface area contributed by atoms with E-state index in [1.165, 1.54) is 51.9 Å². The lowest BCUT2D eigenvalue weighted by molar-refractivity contribution is -0.196. The molecule has 4 aliphatic carbocycles. The highest BCUT2D eigenvalue weighted by atomic mass is 16.5. The van der Waals surface area contributed by atoms with Gasteiger partial charge in [0.25, 0.3) is 0 Å². The minimum atomic E-state index is -0.186. The first-order valence-corrected chi connectivity index (χ1v) is 14.5. The minimum Gasteiger partial charge on any atom is -0.462 e. The van der Waals surface area contributed by atoms with E-state index in [-0.39, 0.29) is 28.8 Å². The van der Waals surface area contributed by atoms with Crippen LogP contribution in [0.15, 0.2) is 0 Å². The normalized spacial score (nSPS) is 44.2. The molecule has 0 N–H and O–H groups in total. The molecule has 4 saturated carbocycles. The van der Waals surface area contributed by atoms with E-state index in [9.17, 15) is 9.59 Å². The summed E-state index contributed by atoms with van der Waals surface area (Å²) in [5.74, 6) is 4.33. The average Bonchev–Trinajstić information content (AvgIpc) is 3.09. The van der Waals surface area contributed by atoms with Crippen LogP contribution in [0.1, 0.15) is 120 Å². The molecule has 0 heterocycles. The van der Waals surface area contributed by atoms with Crippen molar-refractivity contribution < 1.29 is 14.3 Å². The van der Waals surface area contributed by atoms with Crippen LogP contribution in [0.5, 0.6) is 0 Å². The molecule has 4 rings (SSSR count). The van der Waals surface area contributed by atoms with Gasteiger partial charge in [0.05, 0.1) is 0 Å². The number of esters is 1. The summed E-state index contributed by atoms with van der Waals surface area (Å²) >= 11 is 0. The van der Waals surface area contributed by atoms with Gasteiger partial charge in [-0.3, -0.25) is 9.59 Å². The van der Waals surface area contributed by atoms with Gasteiger partial charge in [-0.25, -0.2) is 0 Å². The van der Waals surface area contributed by atoms with Gasteiger partial charge in [-0.05, 0) is 84.9 Å².